The smallest absolute Gasteiger partial charge is 0.102 e. The number of nitrogens with zero attached hydrogens (tertiary/aromatic N) is 3. The maximum absolute atomic E-state index is 10.6. The first-order chi connectivity index (χ1) is 13.7. The van der Waals surface area contributed by atoms with Crippen LogP contribution >= 0.6 is 0 Å². The zero-order valence-electron chi connectivity index (χ0n) is 15.5. The number of para-hydroxylation sites is 1. The average molecular weight is 374 g/mol. The second-order valence-corrected chi connectivity index (χ2v) is 6.77. The SMILES string of the molecule is C=CCC1CCC=C(c2ccc3c(N)cnnc3c2)c2ccccc2N(O)O1. The van der Waals surface area contributed by atoms with E-state index in [-0.39, 0.29) is 6.10 Å². The molecule has 1 aliphatic rings. The predicted octanol–water partition coefficient (Wildman–Crippen LogP) is 4.51. The van der Waals surface area contributed by atoms with Crippen LogP contribution in [0.4, 0.5) is 11.4 Å². The minimum atomic E-state index is -0.145. The van der Waals surface area contributed by atoms with E-state index in [0.717, 1.165) is 45.7 Å². The molecule has 2 heterocycles. The molecule has 0 radical (unpaired) electrons. The van der Waals surface area contributed by atoms with E-state index in [4.69, 9.17) is 10.6 Å². The maximum atomic E-state index is 10.6. The minimum absolute atomic E-state index is 0.145. The molecule has 0 fully saturated rings. The molecule has 0 amide bonds. The van der Waals surface area contributed by atoms with E-state index in [1.807, 2.05) is 42.5 Å². The molecule has 142 valence electrons. The van der Waals surface area contributed by atoms with Crippen LogP contribution in [0.25, 0.3) is 16.5 Å². The van der Waals surface area contributed by atoms with Gasteiger partial charge in [0, 0.05) is 10.9 Å². The van der Waals surface area contributed by atoms with E-state index in [1.54, 1.807) is 12.3 Å². The third-order valence-electron chi connectivity index (χ3n) is 4.90. The van der Waals surface area contributed by atoms with Gasteiger partial charge in [0.25, 0.3) is 0 Å². The molecule has 0 saturated heterocycles. The summed E-state index contributed by atoms with van der Waals surface area (Å²) in [6.45, 7) is 3.78. The fourth-order valence-electron chi connectivity index (χ4n) is 3.51. The second-order valence-electron chi connectivity index (χ2n) is 6.77. The molecule has 3 aromatic rings. The van der Waals surface area contributed by atoms with E-state index in [9.17, 15) is 5.21 Å². The highest BCUT2D eigenvalue weighted by molar-refractivity contribution is 5.94. The fraction of sp³-hybridized carbons (Fsp3) is 0.182. The average Bonchev–Trinajstić information content (AvgIpc) is 2.77. The lowest BCUT2D eigenvalue weighted by Crippen LogP contribution is -2.26. The summed E-state index contributed by atoms with van der Waals surface area (Å²) in [6.07, 6.45) is 7.62. The van der Waals surface area contributed by atoms with Crippen LogP contribution in [0.5, 0.6) is 0 Å². The summed E-state index contributed by atoms with van der Waals surface area (Å²) in [5, 5.41) is 20.5. The van der Waals surface area contributed by atoms with Gasteiger partial charge in [-0.05, 0) is 48.6 Å². The van der Waals surface area contributed by atoms with Gasteiger partial charge in [-0.25, -0.2) is 4.84 Å². The Bertz CT molecular complexity index is 1050. The first kappa shape index (κ1) is 18.2. The number of nitrogens with two attached hydrogens (primary N) is 1. The molecule has 28 heavy (non-hydrogen) atoms. The molecule has 2 aromatic carbocycles. The number of hydrogen-bond donors (Lipinski definition) is 2. The van der Waals surface area contributed by atoms with Crippen molar-refractivity contribution < 1.29 is 10.0 Å². The summed E-state index contributed by atoms with van der Waals surface area (Å²) in [6, 6.07) is 13.6. The molecule has 0 bridgehead atoms. The lowest BCUT2D eigenvalue weighted by molar-refractivity contribution is -0.0849. The number of allylic oxidation sites excluding steroid dienone is 1. The molecule has 3 N–H and O–H groups in total. The molecule has 0 aliphatic carbocycles. The first-order valence-electron chi connectivity index (χ1n) is 9.25. The van der Waals surface area contributed by atoms with E-state index in [1.165, 1.54) is 0 Å². The first-order valence-corrected chi connectivity index (χ1v) is 9.25. The van der Waals surface area contributed by atoms with Crippen LogP contribution in [0.15, 0.2) is 67.4 Å². The number of aromatic nitrogens is 2. The Morgan fingerprint density at radius 1 is 1.29 bits per heavy atom. The zero-order valence-corrected chi connectivity index (χ0v) is 15.5. The molecule has 0 saturated carbocycles. The van der Waals surface area contributed by atoms with E-state index < -0.39 is 0 Å². The van der Waals surface area contributed by atoms with Crippen molar-refractivity contribution in [2.24, 2.45) is 0 Å². The lowest BCUT2D eigenvalue weighted by atomic mass is 9.94. The Morgan fingerprint density at radius 3 is 3.00 bits per heavy atom. The molecule has 1 aromatic heterocycles. The van der Waals surface area contributed by atoms with Crippen molar-refractivity contribution in [1.29, 1.82) is 0 Å². The van der Waals surface area contributed by atoms with Gasteiger partial charge in [-0.1, -0.05) is 36.4 Å². The summed E-state index contributed by atoms with van der Waals surface area (Å²) in [5.41, 5.74) is 10.8. The van der Waals surface area contributed by atoms with Crippen molar-refractivity contribution in [2.45, 2.75) is 25.4 Å². The Morgan fingerprint density at radius 2 is 2.14 bits per heavy atom. The molecular weight excluding hydrogens is 352 g/mol. The van der Waals surface area contributed by atoms with E-state index in [0.29, 0.717) is 17.8 Å². The Labute approximate surface area is 163 Å². The van der Waals surface area contributed by atoms with Gasteiger partial charge in [-0.3, -0.25) is 5.21 Å². The van der Waals surface area contributed by atoms with Crippen LogP contribution in [-0.2, 0) is 4.84 Å². The summed E-state index contributed by atoms with van der Waals surface area (Å²) < 4.78 is 0. The Kier molecular flexibility index (Phi) is 5.06. The van der Waals surface area contributed by atoms with Crippen molar-refractivity contribution in [1.82, 2.24) is 10.2 Å². The fourth-order valence-corrected chi connectivity index (χ4v) is 3.51. The van der Waals surface area contributed by atoms with E-state index in [2.05, 4.69) is 22.9 Å². The van der Waals surface area contributed by atoms with Crippen LogP contribution in [0.1, 0.15) is 30.4 Å². The standard InChI is InChI=1S/C22H22N4O2/c1-2-6-16-7-5-9-17(18-8-3-4-10-22(18)26(27)28-16)15-11-12-19-20(23)14-24-25-21(19)13-15/h2-4,8-14,16,27H,1,5-7H2,(H2,23,25). The highest BCUT2D eigenvalue weighted by atomic mass is 16.9. The van der Waals surface area contributed by atoms with Gasteiger partial charge in [-0.15, -0.1) is 11.8 Å². The number of anilines is 2. The van der Waals surface area contributed by atoms with Gasteiger partial charge in [0.2, 0.25) is 0 Å². The van der Waals surface area contributed by atoms with Gasteiger partial charge >= 0.3 is 0 Å². The van der Waals surface area contributed by atoms with E-state index >= 15 is 0 Å². The van der Waals surface area contributed by atoms with Gasteiger partial charge in [-0.2, -0.15) is 10.2 Å². The van der Waals surface area contributed by atoms with Crippen LogP contribution < -0.4 is 11.0 Å². The van der Waals surface area contributed by atoms with Gasteiger partial charge in [0.15, 0.2) is 0 Å². The molecular formula is C22H22N4O2. The highest BCUT2D eigenvalue weighted by Gasteiger charge is 2.20. The van der Waals surface area contributed by atoms with Crippen LogP contribution in [0.2, 0.25) is 0 Å². The molecule has 6 nitrogen and oxygen atoms in total. The van der Waals surface area contributed by atoms with Crippen molar-refractivity contribution >= 4 is 27.9 Å². The number of hydrogen-bond acceptors (Lipinski definition) is 6. The van der Waals surface area contributed by atoms with Crippen molar-refractivity contribution in [3.63, 3.8) is 0 Å². The van der Waals surface area contributed by atoms with Gasteiger partial charge in [0.05, 0.1) is 23.5 Å². The second kappa shape index (κ2) is 7.80. The molecule has 4 rings (SSSR count). The van der Waals surface area contributed by atoms with Gasteiger partial charge < -0.3 is 5.73 Å². The third kappa shape index (κ3) is 3.47. The lowest BCUT2D eigenvalue weighted by Gasteiger charge is -2.23. The maximum Gasteiger partial charge on any atom is 0.102 e. The predicted molar refractivity (Wildman–Crippen MR) is 111 cm³/mol. The molecule has 1 aliphatic heterocycles. The largest absolute Gasteiger partial charge is 0.397 e. The molecule has 1 unspecified atom stereocenters. The topological polar surface area (TPSA) is 84.5 Å². The number of nitrogen functional groups attached to an aromatic ring is 1. The van der Waals surface area contributed by atoms with Crippen molar-refractivity contribution in [3.8, 4) is 0 Å². The summed E-state index contributed by atoms with van der Waals surface area (Å²) in [5.74, 6) is 0. The van der Waals surface area contributed by atoms with Crippen molar-refractivity contribution in [2.75, 3.05) is 11.0 Å². The number of benzene rings is 2. The normalized spacial score (nSPS) is 17.2. The third-order valence-corrected chi connectivity index (χ3v) is 4.90. The minimum Gasteiger partial charge on any atom is -0.397 e. The monoisotopic (exact) mass is 374 g/mol. The van der Waals surface area contributed by atoms with Crippen LogP contribution in [0.3, 0.4) is 0 Å². The highest BCUT2D eigenvalue weighted by Crippen LogP contribution is 2.35. The molecule has 1 atom stereocenters. The summed E-state index contributed by atoms with van der Waals surface area (Å²) >= 11 is 0. The zero-order chi connectivity index (χ0) is 19.5. The molecule has 0 spiro atoms. The summed E-state index contributed by atoms with van der Waals surface area (Å²) in [4.78, 5) is 5.75. The number of fused-ring (bicyclic) bond motifs is 2. The molecule has 6 heteroatoms. The quantitative estimate of drug-likeness (QED) is 0.656. The van der Waals surface area contributed by atoms with Gasteiger partial charge in [0.1, 0.15) is 5.69 Å². The van der Waals surface area contributed by atoms with Crippen LogP contribution in [0, 0.1) is 0 Å². The Hall–Kier alpha value is -3.22. The number of rotatable bonds is 3. The Balaban J connectivity index is 1.84. The van der Waals surface area contributed by atoms with Crippen LogP contribution in [-0.4, -0.2) is 21.5 Å². The van der Waals surface area contributed by atoms with Crippen molar-refractivity contribution in [3.05, 3.63) is 78.5 Å². The summed E-state index contributed by atoms with van der Waals surface area (Å²) in [7, 11) is 0.